The van der Waals surface area contributed by atoms with Gasteiger partial charge in [0.25, 0.3) is 5.56 Å². The minimum atomic E-state index is -0.313. The lowest BCUT2D eigenvalue weighted by Gasteiger charge is -2.11. The first-order valence-corrected chi connectivity index (χ1v) is 10.0. The summed E-state index contributed by atoms with van der Waals surface area (Å²) in [5.74, 6) is -0.371. The lowest BCUT2D eigenvalue weighted by Crippen LogP contribution is -2.24. The van der Waals surface area contributed by atoms with E-state index in [1.807, 2.05) is 0 Å². The van der Waals surface area contributed by atoms with E-state index in [0.29, 0.717) is 10.4 Å². The lowest BCUT2D eigenvalue weighted by molar-refractivity contribution is -0.116. The monoisotopic (exact) mass is 403 g/mol. The number of aryl methyl sites for hydroxylation is 3. The number of carbonyl (C=O) groups is 1. The van der Waals surface area contributed by atoms with E-state index in [0.717, 1.165) is 36.1 Å². The molecule has 0 aliphatic heterocycles. The van der Waals surface area contributed by atoms with E-state index in [4.69, 9.17) is 11.6 Å². The average molecular weight is 404 g/mol. The van der Waals surface area contributed by atoms with Crippen molar-refractivity contribution in [3.05, 3.63) is 50.3 Å². The Morgan fingerprint density at radius 2 is 2.15 bits per heavy atom. The predicted octanol–water partition coefficient (Wildman–Crippen LogP) is 3.72. The second-order valence-electron chi connectivity index (χ2n) is 6.59. The van der Waals surface area contributed by atoms with Crippen molar-refractivity contribution in [1.82, 2.24) is 9.55 Å². The number of amides is 1. The fraction of sp³-hybridized carbons (Fsp3) is 0.316. The zero-order valence-electron chi connectivity index (χ0n) is 14.5. The van der Waals surface area contributed by atoms with Gasteiger partial charge in [-0.2, -0.15) is 0 Å². The Hall–Kier alpha value is -2.38. The Morgan fingerprint density at radius 1 is 1.33 bits per heavy atom. The van der Waals surface area contributed by atoms with Gasteiger partial charge in [0.1, 0.15) is 10.6 Å². The molecule has 3 aromatic rings. The van der Waals surface area contributed by atoms with Crippen LogP contribution in [0.1, 0.15) is 29.7 Å². The van der Waals surface area contributed by atoms with E-state index < -0.39 is 0 Å². The molecule has 1 amide bonds. The van der Waals surface area contributed by atoms with Crippen LogP contribution in [0, 0.1) is 0 Å². The lowest BCUT2D eigenvalue weighted by atomic mass is 9.97. The molecule has 0 radical (unpaired) electrons. The van der Waals surface area contributed by atoms with Gasteiger partial charge in [-0.15, -0.1) is 11.3 Å². The molecule has 4 rings (SSSR count). The third-order valence-corrected chi connectivity index (χ3v) is 6.19. The fourth-order valence-corrected chi connectivity index (χ4v) is 4.78. The van der Waals surface area contributed by atoms with E-state index in [-0.39, 0.29) is 35.9 Å². The van der Waals surface area contributed by atoms with Gasteiger partial charge in [-0.05, 0) is 49.4 Å². The number of nitrogens with one attached hydrogen (secondary N) is 1. The highest BCUT2D eigenvalue weighted by Gasteiger charge is 2.20. The maximum absolute atomic E-state index is 12.9. The van der Waals surface area contributed by atoms with Gasteiger partial charge in [-0.3, -0.25) is 14.2 Å². The molecule has 0 saturated heterocycles. The number of phenols is 1. The highest BCUT2D eigenvalue weighted by molar-refractivity contribution is 7.18. The van der Waals surface area contributed by atoms with Crippen LogP contribution in [0.5, 0.6) is 5.75 Å². The maximum Gasteiger partial charge on any atom is 0.262 e. The Bertz CT molecular complexity index is 1090. The number of hydrogen-bond acceptors (Lipinski definition) is 5. The molecule has 1 aliphatic carbocycles. The zero-order valence-corrected chi connectivity index (χ0v) is 16.1. The number of hydrogen-bond donors (Lipinski definition) is 2. The van der Waals surface area contributed by atoms with Crippen molar-refractivity contribution in [2.45, 2.75) is 38.6 Å². The van der Waals surface area contributed by atoms with Crippen LogP contribution in [0.4, 0.5) is 5.69 Å². The van der Waals surface area contributed by atoms with Crippen molar-refractivity contribution in [3.8, 4) is 5.75 Å². The summed E-state index contributed by atoms with van der Waals surface area (Å²) in [4.78, 5) is 31.6. The van der Waals surface area contributed by atoms with E-state index >= 15 is 0 Å². The number of nitrogens with zero attached hydrogens (tertiary/aromatic N) is 2. The third-order valence-electron chi connectivity index (χ3n) is 4.75. The molecule has 140 valence electrons. The Labute approximate surface area is 164 Å². The van der Waals surface area contributed by atoms with Gasteiger partial charge in [0.05, 0.1) is 17.4 Å². The van der Waals surface area contributed by atoms with Gasteiger partial charge in [0, 0.05) is 22.9 Å². The van der Waals surface area contributed by atoms with Gasteiger partial charge in [-0.25, -0.2) is 4.98 Å². The molecule has 27 heavy (non-hydrogen) atoms. The molecule has 8 heteroatoms. The van der Waals surface area contributed by atoms with Crippen LogP contribution in [0.15, 0.2) is 29.3 Å². The van der Waals surface area contributed by atoms with Crippen LogP contribution in [-0.4, -0.2) is 20.6 Å². The highest BCUT2D eigenvalue weighted by Crippen LogP contribution is 2.33. The van der Waals surface area contributed by atoms with E-state index in [1.165, 1.54) is 34.0 Å². The number of benzene rings is 1. The van der Waals surface area contributed by atoms with Crippen LogP contribution in [0.2, 0.25) is 5.02 Å². The van der Waals surface area contributed by atoms with Crippen molar-refractivity contribution in [2.75, 3.05) is 5.32 Å². The largest absolute Gasteiger partial charge is 0.506 e. The summed E-state index contributed by atoms with van der Waals surface area (Å²) >= 11 is 7.49. The number of fused-ring (bicyclic) bond motifs is 3. The SMILES string of the molecule is O=C(CCn1cnc2sc3c(c2c1=O)CCCC3)Nc1cc(Cl)ccc1O. The highest BCUT2D eigenvalue weighted by atomic mass is 35.5. The molecule has 0 unspecified atom stereocenters. The summed E-state index contributed by atoms with van der Waals surface area (Å²) in [6.07, 6.45) is 5.79. The quantitative estimate of drug-likeness (QED) is 0.650. The summed E-state index contributed by atoms with van der Waals surface area (Å²) < 4.78 is 1.49. The number of halogens is 1. The maximum atomic E-state index is 12.9. The van der Waals surface area contributed by atoms with Gasteiger partial charge in [0.15, 0.2) is 0 Å². The van der Waals surface area contributed by atoms with E-state index in [9.17, 15) is 14.7 Å². The van der Waals surface area contributed by atoms with Crippen LogP contribution >= 0.6 is 22.9 Å². The van der Waals surface area contributed by atoms with Gasteiger partial charge in [-0.1, -0.05) is 11.6 Å². The number of aromatic hydroxyl groups is 1. The molecule has 2 aromatic heterocycles. The van der Waals surface area contributed by atoms with Crippen molar-refractivity contribution in [1.29, 1.82) is 0 Å². The molecule has 1 aliphatic rings. The second kappa shape index (κ2) is 7.32. The first-order valence-electron chi connectivity index (χ1n) is 8.81. The number of thiophene rings is 1. The fourth-order valence-electron chi connectivity index (χ4n) is 3.38. The van der Waals surface area contributed by atoms with Gasteiger partial charge in [0.2, 0.25) is 5.91 Å². The molecule has 2 heterocycles. The van der Waals surface area contributed by atoms with Crippen LogP contribution in [-0.2, 0) is 24.2 Å². The van der Waals surface area contributed by atoms with Gasteiger partial charge >= 0.3 is 0 Å². The number of phenolic OH excluding ortho intramolecular Hbond substituents is 1. The topological polar surface area (TPSA) is 84.2 Å². The summed E-state index contributed by atoms with van der Waals surface area (Å²) in [6.45, 7) is 0.222. The first kappa shape index (κ1) is 18.0. The minimum Gasteiger partial charge on any atom is -0.506 e. The molecule has 6 nitrogen and oxygen atoms in total. The summed E-state index contributed by atoms with van der Waals surface area (Å²) in [7, 11) is 0. The molecular formula is C19H18ClN3O3S. The summed E-state index contributed by atoms with van der Waals surface area (Å²) in [5.41, 5.74) is 1.31. The van der Waals surface area contributed by atoms with Crippen LogP contribution < -0.4 is 10.9 Å². The van der Waals surface area contributed by atoms with Crippen LogP contribution in [0.3, 0.4) is 0 Å². The summed E-state index contributed by atoms with van der Waals surface area (Å²) in [5, 5.41) is 13.5. The number of aromatic nitrogens is 2. The number of rotatable bonds is 4. The molecular weight excluding hydrogens is 386 g/mol. The third kappa shape index (κ3) is 3.57. The van der Waals surface area contributed by atoms with E-state index in [2.05, 4.69) is 10.3 Å². The minimum absolute atomic E-state index is 0.0575. The molecule has 0 fully saturated rings. The average Bonchev–Trinajstić information content (AvgIpc) is 3.03. The van der Waals surface area contributed by atoms with Crippen molar-refractivity contribution >= 4 is 44.7 Å². The van der Waals surface area contributed by atoms with Gasteiger partial charge < -0.3 is 10.4 Å². The molecule has 2 N–H and O–H groups in total. The Morgan fingerprint density at radius 3 is 3.00 bits per heavy atom. The number of anilines is 1. The smallest absolute Gasteiger partial charge is 0.262 e. The molecule has 0 saturated carbocycles. The molecule has 0 spiro atoms. The van der Waals surface area contributed by atoms with Crippen LogP contribution in [0.25, 0.3) is 10.2 Å². The van der Waals surface area contributed by atoms with E-state index in [1.54, 1.807) is 11.3 Å². The van der Waals surface area contributed by atoms with Crippen molar-refractivity contribution < 1.29 is 9.90 Å². The standard InChI is InChI=1S/C19H18ClN3O3S/c20-11-5-6-14(24)13(9-11)22-16(25)7-8-23-10-21-18-17(19(23)26)12-3-1-2-4-15(12)27-18/h5-6,9-10,24H,1-4,7-8H2,(H,22,25). The summed E-state index contributed by atoms with van der Waals surface area (Å²) in [6, 6.07) is 4.43. The number of carbonyl (C=O) groups excluding carboxylic acids is 1. The molecule has 0 bridgehead atoms. The Balaban J connectivity index is 1.52. The molecule has 1 aromatic carbocycles. The zero-order chi connectivity index (χ0) is 19.0. The first-order chi connectivity index (χ1) is 13.0. The Kier molecular flexibility index (Phi) is 4.88. The second-order valence-corrected chi connectivity index (χ2v) is 8.11. The normalized spacial score (nSPS) is 13.5. The van der Waals surface area contributed by atoms with Crippen molar-refractivity contribution in [2.24, 2.45) is 0 Å². The predicted molar refractivity (Wildman–Crippen MR) is 107 cm³/mol. The van der Waals surface area contributed by atoms with Crippen molar-refractivity contribution in [3.63, 3.8) is 0 Å². The molecule has 0 atom stereocenters.